The molecule has 3 aromatic rings. The van der Waals surface area contributed by atoms with Gasteiger partial charge in [-0.25, -0.2) is 0 Å². The maximum Gasteiger partial charge on any atom is 0.259 e. The predicted molar refractivity (Wildman–Crippen MR) is 120 cm³/mol. The zero-order chi connectivity index (χ0) is 19.8. The third kappa shape index (κ3) is 2.28. The molecular formula is C26H19NOS. The molecule has 140 valence electrons. The van der Waals surface area contributed by atoms with Gasteiger partial charge in [-0.1, -0.05) is 67.3 Å². The predicted octanol–water partition coefficient (Wildman–Crippen LogP) is 4.36. The topological polar surface area (TPSA) is 20.3 Å². The van der Waals surface area contributed by atoms with E-state index < -0.39 is 4.75 Å². The molecule has 3 heteroatoms. The second-order valence-corrected chi connectivity index (χ2v) is 9.30. The summed E-state index contributed by atoms with van der Waals surface area (Å²) in [5, 5.41) is 4.85. The number of hydrogen-bond acceptors (Lipinski definition) is 2. The average Bonchev–Trinajstić information content (AvgIpc) is 2.83. The largest absolute Gasteiger partial charge is 0.269 e. The second kappa shape index (κ2) is 5.74. The van der Waals surface area contributed by atoms with E-state index in [0.717, 1.165) is 0 Å². The molecule has 2 nitrogen and oxygen atoms in total. The van der Waals surface area contributed by atoms with Gasteiger partial charge in [-0.15, -0.1) is 0 Å². The fourth-order valence-electron chi connectivity index (χ4n) is 4.76. The van der Waals surface area contributed by atoms with Crippen molar-refractivity contribution in [2.75, 3.05) is 0 Å². The van der Waals surface area contributed by atoms with Crippen molar-refractivity contribution >= 4 is 40.8 Å². The number of amides is 1. The Balaban J connectivity index is 1.72. The summed E-state index contributed by atoms with van der Waals surface area (Å²) in [7, 11) is 0. The lowest BCUT2D eigenvalue weighted by Crippen LogP contribution is -2.44. The van der Waals surface area contributed by atoms with E-state index in [9.17, 15) is 4.79 Å². The van der Waals surface area contributed by atoms with E-state index in [1.54, 1.807) is 18.9 Å². The van der Waals surface area contributed by atoms with Crippen molar-refractivity contribution < 1.29 is 4.79 Å². The maximum atomic E-state index is 13.1. The minimum absolute atomic E-state index is 0.00143. The lowest BCUT2D eigenvalue weighted by Gasteiger charge is -2.49. The van der Waals surface area contributed by atoms with E-state index in [0.29, 0.717) is 5.57 Å². The van der Waals surface area contributed by atoms with Crippen LogP contribution in [0.15, 0.2) is 84.5 Å². The molecule has 3 bridgehead atoms. The number of fused-ring (bicyclic) bond motifs is 3. The molecule has 0 radical (unpaired) electrons. The second-order valence-electron chi connectivity index (χ2n) is 8.05. The molecule has 7 rings (SSSR count). The van der Waals surface area contributed by atoms with Crippen LogP contribution in [0.5, 0.6) is 0 Å². The minimum atomic E-state index is -0.405. The molecule has 4 aliphatic rings. The van der Waals surface area contributed by atoms with Gasteiger partial charge in [0.05, 0.1) is 10.8 Å². The third-order valence-electron chi connectivity index (χ3n) is 6.07. The van der Waals surface area contributed by atoms with Crippen molar-refractivity contribution in [3.05, 3.63) is 106 Å². The van der Waals surface area contributed by atoms with Crippen LogP contribution in [0.2, 0.25) is 0 Å². The molecule has 2 aliphatic heterocycles. The molecular weight excluding hydrogens is 374 g/mol. The third-order valence-corrected chi connectivity index (χ3v) is 7.40. The number of carbonyl (C=O) groups excluding carboxylic acids is 1. The fourth-order valence-corrected chi connectivity index (χ4v) is 6.31. The summed E-state index contributed by atoms with van der Waals surface area (Å²) in [5.41, 5.74) is 4.25. The zero-order valence-electron chi connectivity index (χ0n) is 16.1. The fraction of sp³-hybridized carbons (Fsp3) is 0.115. The van der Waals surface area contributed by atoms with Gasteiger partial charge < -0.3 is 0 Å². The van der Waals surface area contributed by atoms with Crippen LogP contribution in [-0.2, 0) is 9.54 Å². The Bertz CT molecular complexity index is 1400. The van der Waals surface area contributed by atoms with Crippen LogP contribution in [-0.4, -0.2) is 10.2 Å². The van der Waals surface area contributed by atoms with E-state index in [2.05, 4.69) is 85.5 Å². The van der Waals surface area contributed by atoms with Crippen molar-refractivity contribution in [1.82, 2.24) is 4.31 Å². The van der Waals surface area contributed by atoms with Gasteiger partial charge in [0.2, 0.25) is 0 Å². The summed E-state index contributed by atoms with van der Waals surface area (Å²) in [6.45, 7) is 5.73. The van der Waals surface area contributed by atoms with Gasteiger partial charge in [0.25, 0.3) is 5.91 Å². The highest BCUT2D eigenvalue weighted by molar-refractivity contribution is 7.99. The van der Waals surface area contributed by atoms with E-state index >= 15 is 0 Å². The van der Waals surface area contributed by atoms with Crippen molar-refractivity contribution in [1.29, 1.82) is 0 Å². The summed E-state index contributed by atoms with van der Waals surface area (Å²) < 4.78 is 1.53. The first kappa shape index (κ1) is 16.9. The van der Waals surface area contributed by atoms with Gasteiger partial charge in [0, 0.05) is 5.57 Å². The number of carbonyl (C=O) groups is 1. The SMILES string of the molecule is C=C(C)C(=O)N1SC23C=C(C=c4ccccc4=C2)C1c1cc2ccccc2cc13. The molecule has 2 aliphatic carbocycles. The summed E-state index contributed by atoms with van der Waals surface area (Å²) in [4.78, 5) is 13.1. The Morgan fingerprint density at radius 1 is 1.00 bits per heavy atom. The van der Waals surface area contributed by atoms with Crippen molar-refractivity contribution in [3.8, 4) is 0 Å². The molecule has 3 aromatic carbocycles. The van der Waals surface area contributed by atoms with Crippen LogP contribution in [0.3, 0.4) is 0 Å². The molecule has 29 heavy (non-hydrogen) atoms. The maximum absolute atomic E-state index is 13.1. The quantitative estimate of drug-likeness (QED) is 0.452. The molecule has 0 saturated heterocycles. The molecule has 2 unspecified atom stereocenters. The van der Waals surface area contributed by atoms with Crippen molar-refractivity contribution in [3.63, 3.8) is 0 Å². The minimum Gasteiger partial charge on any atom is -0.269 e. The van der Waals surface area contributed by atoms with Gasteiger partial charge in [0.15, 0.2) is 0 Å². The normalized spacial score (nSPS) is 23.3. The number of benzene rings is 3. The van der Waals surface area contributed by atoms with Crippen LogP contribution in [0.4, 0.5) is 0 Å². The highest BCUT2D eigenvalue weighted by atomic mass is 32.2. The van der Waals surface area contributed by atoms with E-state index in [-0.39, 0.29) is 11.9 Å². The summed E-state index contributed by atoms with van der Waals surface area (Å²) in [6.07, 6.45) is 6.91. The molecule has 0 N–H and O–H groups in total. The Hall–Kier alpha value is -3.04. The molecule has 1 amide bonds. The first-order valence-corrected chi connectivity index (χ1v) is 10.6. The van der Waals surface area contributed by atoms with Gasteiger partial charge in [-0.3, -0.25) is 9.10 Å². The zero-order valence-corrected chi connectivity index (χ0v) is 16.9. The summed E-state index contributed by atoms with van der Waals surface area (Å²) in [5.74, 6) is 0.00143. The molecule has 0 fully saturated rings. The number of hydrogen-bond donors (Lipinski definition) is 0. The van der Waals surface area contributed by atoms with Crippen LogP contribution in [0.25, 0.3) is 22.9 Å². The molecule has 0 saturated carbocycles. The van der Waals surface area contributed by atoms with Gasteiger partial charge in [0.1, 0.15) is 0 Å². The van der Waals surface area contributed by atoms with E-state index in [4.69, 9.17) is 0 Å². The van der Waals surface area contributed by atoms with Crippen LogP contribution < -0.4 is 10.4 Å². The monoisotopic (exact) mass is 393 g/mol. The van der Waals surface area contributed by atoms with Crippen LogP contribution in [0, 0.1) is 0 Å². The average molecular weight is 394 g/mol. The van der Waals surface area contributed by atoms with E-state index in [1.807, 2.05) is 4.31 Å². The highest BCUT2D eigenvalue weighted by Gasteiger charge is 2.50. The standard InChI is InChI=1S/C26H19NOS/c1-16(2)25(28)27-24-21-11-17-7-5-6-10-20(17)14-26(15-21,29-27)23-13-19-9-4-3-8-18(19)12-22(23)24/h3-15,24H,1H2,2H3. The van der Waals surface area contributed by atoms with E-state index in [1.165, 1.54) is 37.9 Å². The molecule has 2 heterocycles. The molecule has 0 aromatic heterocycles. The molecule has 1 spiro atoms. The first-order chi connectivity index (χ1) is 14.1. The smallest absolute Gasteiger partial charge is 0.259 e. The lowest BCUT2D eigenvalue weighted by atomic mass is 9.78. The number of nitrogens with zero attached hydrogens (tertiary/aromatic N) is 1. The Morgan fingerprint density at radius 3 is 2.45 bits per heavy atom. The summed E-state index contributed by atoms with van der Waals surface area (Å²) in [6, 6.07) is 21.4. The van der Waals surface area contributed by atoms with Gasteiger partial charge in [-0.2, -0.15) is 0 Å². The number of rotatable bonds is 1. The van der Waals surface area contributed by atoms with Gasteiger partial charge >= 0.3 is 0 Å². The van der Waals surface area contributed by atoms with Crippen LogP contribution >= 0.6 is 11.9 Å². The van der Waals surface area contributed by atoms with Gasteiger partial charge in [-0.05, 0) is 75.0 Å². The Labute approximate surface area is 173 Å². The molecule has 2 atom stereocenters. The summed E-state index contributed by atoms with van der Waals surface area (Å²) >= 11 is 1.62. The Kier molecular flexibility index (Phi) is 3.34. The highest BCUT2D eigenvalue weighted by Crippen LogP contribution is 2.60. The van der Waals surface area contributed by atoms with Crippen molar-refractivity contribution in [2.45, 2.75) is 17.7 Å². The Morgan fingerprint density at radius 2 is 1.69 bits per heavy atom. The van der Waals surface area contributed by atoms with Crippen molar-refractivity contribution in [2.24, 2.45) is 0 Å². The van der Waals surface area contributed by atoms with Crippen LogP contribution in [0.1, 0.15) is 24.1 Å². The first-order valence-electron chi connectivity index (χ1n) is 9.79. The lowest BCUT2D eigenvalue weighted by molar-refractivity contribution is -0.123.